The first-order chi connectivity index (χ1) is 6.48. The Labute approximate surface area is 84.7 Å². The van der Waals surface area contributed by atoms with Gasteiger partial charge in [0, 0.05) is 5.56 Å². The fourth-order valence-electron chi connectivity index (χ4n) is 2.17. The van der Waals surface area contributed by atoms with Gasteiger partial charge in [-0.3, -0.25) is 0 Å². The average molecular weight is 194 g/mol. The van der Waals surface area contributed by atoms with Crippen LogP contribution >= 0.6 is 0 Å². The summed E-state index contributed by atoms with van der Waals surface area (Å²) < 4.78 is 5.01. The van der Waals surface area contributed by atoms with E-state index >= 15 is 0 Å². The summed E-state index contributed by atoms with van der Waals surface area (Å²) >= 11 is 0. The lowest BCUT2D eigenvalue weighted by molar-refractivity contribution is 0.215. The SMILES string of the molecule is CC(C)(C)[C@@H]1CCc2noc(N)c2C1. The lowest BCUT2D eigenvalue weighted by Gasteiger charge is -2.33. The van der Waals surface area contributed by atoms with Gasteiger partial charge in [-0.2, -0.15) is 0 Å². The fourth-order valence-corrected chi connectivity index (χ4v) is 2.17. The summed E-state index contributed by atoms with van der Waals surface area (Å²) in [4.78, 5) is 0. The van der Waals surface area contributed by atoms with Crippen LogP contribution in [0.3, 0.4) is 0 Å². The second-order valence-electron chi connectivity index (χ2n) is 5.28. The number of aryl methyl sites for hydroxylation is 1. The van der Waals surface area contributed by atoms with Gasteiger partial charge in [-0.25, -0.2) is 0 Å². The summed E-state index contributed by atoms with van der Waals surface area (Å²) in [6.45, 7) is 6.85. The van der Waals surface area contributed by atoms with Crippen molar-refractivity contribution in [2.45, 2.75) is 40.0 Å². The van der Waals surface area contributed by atoms with Crippen LogP contribution in [0.4, 0.5) is 5.88 Å². The van der Waals surface area contributed by atoms with Crippen LogP contribution in [-0.4, -0.2) is 5.16 Å². The van der Waals surface area contributed by atoms with E-state index in [-0.39, 0.29) is 0 Å². The first kappa shape index (κ1) is 9.56. The lowest BCUT2D eigenvalue weighted by Crippen LogP contribution is -2.26. The monoisotopic (exact) mass is 194 g/mol. The molecular formula is C11H18N2O. The summed E-state index contributed by atoms with van der Waals surface area (Å²) in [7, 11) is 0. The van der Waals surface area contributed by atoms with E-state index in [0.717, 1.165) is 24.1 Å². The molecule has 1 aromatic heterocycles. The highest BCUT2D eigenvalue weighted by atomic mass is 16.5. The van der Waals surface area contributed by atoms with Crippen LogP contribution in [0, 0.1) is 11.3 Å². The predicted octanol–water partition coefficient (Wildman–Crippen LogP) is 2.41. The number of fused-ring (bicyclic) bond motifs is 1. The predicted molar refractivity (Wildman–Crippen MR) is 55.9 cm³/mol. The third-order valence-electron chi connectivity index (χ3n) is 3.30. The van der Waals surface area contributed by atoms with Crippen LogP contribution in [0.5, 0.6) is 0 Å². The Morgan fingerprint density at radius 2 is 2.14 bits per heavy atom. The summed E-state index contributed by atoms with van der Waals surface area (Å²) in [5.74, 6) is 1.21. The van der Waals surface area contributed by atoms with E-state index in [1.807, 2.05) is 0 Å². The molecule has 2 rings (SSSR count). The van der Waals surface area contributed by atoms with Crippen LogP contribution in [0.1, 0.15) is 38.4 Å². The topological polar surface area (TPSA) is 52.0 Å². The van der Waals surface area contributed by atoms with Crippen molar-refractivity contribution in [1.82, 2.24) is 5.16 Å². The highest BCUT2D eigenvalue weighted by molar-refractivity contribution is 5.40. The van der Waals surface area contributed by atoms with Gasteiger partial charge in [0.15, 0.2) is 0 Å². The number of hydrogen-bond acceptors (Lipinski definition) is 3. The summed E-state index contributed by atoms with van der Waals surface area (Å²) in [6, 6.07) is 0. The highest BCUT2D eigenvalue weighted by Crippen LogP contribution is 2.38. The number of nitrogens with zero attached hydrogens (tertiary/aromatic N) is 1. The third kappa shape index (κ3) is 1.51. The molecule has 0 radical (unpaired) electrons. The van der Waals surface area contributed by atoms with Crippen molar-refractivity contribution in [2.24, 2.45) is 11.3 Å². The maximum Gasteiger partial charge on any atom is 0.225 e. The van der Waals surface area contributed by atoms with Crippen molar-refractivity contribution in [3.63, 3.8) is 0 Å². The van der Waals surface area contributed by atoms with Crippen molar-refractivity contribution in [3.05, 3.63) is 11.3 Å². The Morgan fingerprint density at radius 3 is 2.79 bits per heavy atom. The molecule has 1 aromatic rings. The molecule has 1 atom stereocenters. The Kier molecular flexibility index (Phi) is 2.05. The van der Waals surface area contributed by atoms with Gasteiger partial charge in [-0.15, -0.1) is 0 Å². The third-order valence-corrected chi connectivity index (χ3v) is 3.30. The van der Waals surface area contributed by atoms with Gasteiger partial charge < -0.3 is 10.3 Å². The summed E-state index contributed by atoms with van der Waals surface area (Å²) in [5.41, 5.74) is 8.31. The molecule has 0 fully saturated rings. The number of anilines is 1. The van der Waals surface area contributed by atoms with E-state index in [2.05, 4.69) is 25.9 Å². The zero-order valence-electron chi connectivity index (χ0n) is 9.13. The van der Waals surface area contributed by atoms with Crippen LogP contribution in [0.25, 0.3) is 0 Å². The molecule has 2 N–H and O–H groups in total. The van der Waals surface area contributed by atoms with Gasteiger partial charge in [-0.05, 0) is 30.6 Å². The Morgan fingerprint density at radius 1 is 1.43 bits per heavy atom. The van der Waals surface area contributed by atoms with Gasteiger partial charge in [0.1, 0.15) is 0 Å². The first-order valence-electron chi connectivity index (χ1n) is 5.21. The van der Waals surface area contributed by atoms with E-state index in [1.165, 1.54) is 6.42 Å². The quantitative estimate of drug-likeness (QED) is 0.690. The van der Waals surface area contributed by atoms with E-state index in [9.17, 15) is 0 Å². The molecule has 0 aliphatic heterocycles. The van der Waals surface area contributed by atoms with Gasteiger partial charge in [-0.1, -0.05) is 25.9 Å². The molecular weight excluding hydrogens is 176 g/mol. The van der Waals surface area contributed by atoms with Crippen molar-refractivity contribution in [2.75, 3.05) is 5.73 Å². The zero-order chi connectivity index (χ0) is 10.3. The minimum absolute atomic E-state index is 0.349. The number of rotatable bonds is 0. The van der Waals surface area contributed by atoms with Crippen LogP contribution in [0.2, 0.25) is 0 Å². The van der Waals surface area contributed by atoms with Crippen LogP contribution in [-0.2, 0) is 12.8 Å². The van der Waals surface area contributed by atoms with Crippen molar-refractivity contribution in [1.29, 1.82) is 0 Å². The molecule has 1 heterocycles. The molecule has 1 aliphatic rings. The molecule has 3 nitrogen and oxygen atoms in total. The lowest BCUT2D eigenvalue weighted by atomic mass is 9.72. The fraction of sp³-hybridized carbons (Fsp3) is 0.727. The smallest absolute Gasteiger partial charge is 0.225 e. The zero-order valence-corrected chi connectivity index (χ0v) is 9.13. The molecule has 0 saturated heterocycles. The molecule has 3 heteroatoms. The second kappa shape index (κ2) is 3.01. The number of nitrogen functional groups attached to an aromatic ring is 1. The van der Waals surface area contributed by atoms with Gasteiger partial charge in [0.2, 0.25) is 5.88 Å². The molecule has 0 spiro atoms. The number of hydrogen-bond donors (Lipinski definition) is 1. The molecule has 0 saturated carbocycles. The van der Waals surface area contributed by atoms with Gasteiger partial charge in [0.25, 0.3) is 0 Å². The van der Waals surface area contributed by atoms with Crippen molar-refractivity contribution in [3.8, 4) is 0 Å². The maximum atomic E-state index is 5.74. The molecule has 0 bridgehead atoms. The van der Waals surface area contributed by atoms with Gasteiger partial charge in [0.05, 0.1) is 5.69 Å². The molecule has 1 aliphatic carbocycles. The van der Waals surface area contributed by atoms with Crippen LogP contribution < -0.4 is 5.73 Å². The Balaban J connectivity index is 2.24. The molecule has 0 aromatic carbocycles. The molecule has 0 amide bonds. The van der Waals surface area contributed by atoms with Crippen molar-refractivity contribution < 1.29 is 4.52 Å². The van der Waals surface area contributed by atoms with E-state index in [1.54, 1.807) is 0 Å². The standard InChI is InChI=1S/C11H18N2O/c1-11(2,3)7-4-5-9-8(6-7)10(12)14-13-9/h7H,4-6,12H2,1-3H3/t7-/m1/s1. The van der Waals surface area contributed by atoms with Gasteiger partial charge >= 0.3 is 0 Å². The van der Waals surface area contributed by atoms with Crippen LogP contribution in [0.15, 0.2) is 4.52 Å². The Hall–Kier alpha value is -0.990. The maximum absolute atomic E-state index is 5.74. The van der Waals surface area contributed by atoms with E-state index in [4.69, 9.17) is 10.3 Å². The average Bonchev–Trinajstić information content (AvgIpc) is 2.46. The van der Waals surface area contributed by atoms with Crippen molar-refractivity contribution >= 4 is 5.88 Å². The summed E-state index contributed by atoms with van der Waals surface area (Å²) in [6.07, 6.45) is 3.23. The highest BCUT2D eigenvalue weighted by Gasteiger charge is 2.31. The number of aromatic nitrogens is 1. The molecule has 0 unspecified atom stereocenters. The molecule has 14 heavy (non-hydrogen) atoms. The first-order valence-corrected chi connectivity index (χ1v) is 5.21. The Bertz CT molecular complexity index is 336. The van der Waals surface area contributed by atoms with E-state index < -0.39 is 0 Å². The normalized spacial score (nSPS) is 22.1. The second-order valence-corrected chi connectivity index (χ2v) is 5.28. The van der Waals surface area contributed by atoms with E-state index in [0.29, 0.717) is 17.2 Å². The largest absolute Gasteiger partial charge is 0.367 e. The summed E-state index contributed by atoms with van der Waals surface area (Å²) in [5, 5.41) is 3.97. The minimum Gasteiger partial charge on any atom is -0.367 e. The minimum atomic E-state index is 0.349. The molecule has 78 valence electrons. The number of nitrogens with two attached hydrogens (primary N) is 1.